The van der Waals surface area contributed by atoms with Gasteiger partial charge in [0, 0.05) is 30.3 Å². The van der Waals surface area contributed by atoms with Crippen molar-refractivity contribution in [2.75, 3.05) is 13.1 Å². The zero-order valence-corrected chi connectivity index (χ0v) is 14.7. The third-order valence-corrected chi connectivity index (χ3v) is 6.04. The Balaban J connectivity index is 1.66. The van der Waals surface area contributed by atoms with Gasteiger partial charge < -0.3 is 5.32 Å². The number of imide groups is 1. The molecular weight excluding hydrogens is 312 g/mol. The minimum atomic E-state index is -0.791. The number of nitrogens with zero attached hydrogens (tertiary/aromatic N) is 2. The smallest absolute Gasteiger partial charge is 0.322 e. The maximum Gasteiger partial charge on any atom is 0.322 e. The molecule has 126 valence electrons. The maximum absolute atomic E-state index is 12.1. The Hall–Kier alpha value is -1.47. The number of nitrogens with one attached hydrogen (secondary N) is 2. The van der Waals surface area contributed by atoms with Crippen LogP contribution in [-0.2, 0) is 11.3 Å². The molecule has 2 atom stereocenters. The summed E-state index contributed by atoms with van der Waals surface area (Å²) in [6.45, 7) is 8.77. The van der Waals surface area contributed by atoms with Gasteiger partial charge in [0.15, 0.2) is 0 Å². The van der Waals surface area contributed by atoms with Crippen LogP contribution in [0, 0.1) is 5.92 Å². The average Bonchev–Trinajstić information content (AvgIpc) is 3.05. The van der Waals surface area contributed by atoms with Crippen LogP contribution in [-0.4, -0.2) is 40.5 Å². The van der Waals surface area contributed by atoms with Crippen LogP contribution in [0.1, 0.15) is 50.2 Å². The molecule has 0 aliphatic carbocycles. The second kappa shape index (κ2) is 6.20. The van der Waals surface area contributed by atoms with E-state index in [4.69, 9.17) is 4.98 Å². The lowest BCUT2D eigenvalue weighted by Crippen LogP contribution is -2.55. The second-order valence-electron chi connectivity index (χ2n) is 7.02. The first-order chi connectivity index (χ1) is 10.9. The Bertz CT molecular complexity index is 615. The monoisotopic (exact) mass is 336 g/mol. The highest BCUT2D eigenvalue weighted by Crippen LogP contribution is 2.30. The van der Waals surface area contributed by atoms with E-state index in [2.05, 4.69) is 34.8 Å². The predicted molar refractivity (Wildman–Crippen MR) is 89.3 cm³/mol. The number of carbonyl (C=O) groups is 2. The van der Waals surface area contributed by atoms with Gasteiger partial charge >= 0.3 is 6.03 Å². The molecule has 1 aromatic rings. The van der Waals surface area contributed by atoms with Crippen molar-refractivity contribution in [3.63, 3.8) is 0 Å². The van der Waals surface area contributed by atoms with E-state index in [1.165, 1.54) is 5.01 Å². The standard InChI is InChI=1S/C16H24N4O2S/c1-10(2)13-17-12(9-23-13)8-20-6-4-5-11(7-20)16(3)14(21)18-15(22)19-16/h9-11H,4-8H2,1-3H3,(H2,18,19,21,22)/t11-,16-/m1/s1. The minimum Gasteiger partial charge on any atom is -0.323 e. The molecule has 0 radical (unpaired) electrons. The van der Waals surface area contributed by atoms with Gasteiger partial charge in [-0.25, -0.2) is 9.78 Å². The topological polar surface area (TPSA) is 74.3 Å². The molecule has 2 fully saturated rings. The van der Waals surface area contributed by atoms with Crippen molar-refractivity contribution in [2.24, 2.45) is 5.92 Å². The molecule has 1 aromatic heterocycles. The summed E-state index contributed by atoms with van der Waals surface area (Å²) >= 11 is 1.71. The van der Waals surface area contributed by atoms with Gasteiger partial charge in [0.2, 0.25) is 0 Å². The van der Waals surface area contributed by atoms with Crippen LogP contribution in [0.25, 0.3) is 0 Å². The highest BCUT2D eigenvalue weighted by atomic mass is 32.1. The van der Waals surface area contributed by atoms with E-state index in [0.717, 1.165) is 38.2 Å². The van der Waals surface area contributed by atoms with E-state index in [1.807, 2.05) is 6.92 Å². The molecule has 2 aliphatic rings. The molecule has 2 saturated heterocycles. The summed E-state index contributed by atoms with van der Waals surface area (Å²) in [7, 11) is 0. The number of amides is 3. The maximum atomic E-state index is 12.1. The molecule has 0 aromatic carbocycles. The summed E-state index contributed by atoms with van der Waals surface area (Å²) < 4.78 is 0. The van der Waals surface area contributed by atoms with Crippen molar-refractivity contribution in [2.45, 2.75) is 51.6 Å². The van der Waals surface area contributed by atoms with E-state index in [0.29, 0.717) is 5.92 Å². The zero-order chi connectivity index (χ0) is 16.6. The fourth-order valence-electron chi connectivity index (χ4n) is 3.40. The van der Waals surface area contributed by atoms with Gasteiger partial charge in [-0.1, -0.05) is 13.8 Å². The second-order valence-corrected chi connectivity index (χ2v) is 7.91. The Kier molecular flexibility index (Phi) is 4.42. The Morgan fingerprint density at radius 3 is 2.87 bits per heavy atom. The number of thiazole rings is 1. The summed E-state index contributed by atoms with van der Waals surface area (Å²) in [6.07, 6.45) is 1.99. The number of likely N-dealkylation sites (tertiary alicyclic amines) is 1. The van der Waals surface area contributed by atoms with E-state index >= 15 is 0 Å². The lowest BCUT2D eigenvalue weighted by Gasteiger charge is -2.39. The van der Waals surface area contributed by atoms with Crippen LogP contribution in [0.15, 0.2) is 5.38 Å². The van der Waals surface area contributed by atoms with Crippen LogP contribution < -0.4 is 10.6 Å². The highest BCUT2D eigenvalue weighted by molar-refractivity contribution is 7.09. The average molecular weight is 336 g/mol. The summed E-state index contributed by atoms with van der Waals surface area (Å²) in [6, 6.07) is -0.379. The van der Waals surface area contributed by atoms with Crippen LogP contribution >= 0.6 is 11.3 Å². The van der Waals surface area contributed by atoms with Crippen molar-refractivity contribution in [1.29, 1.82) is 0 Å². The van der Waals surface area contributed by atoms with E-state index in [-0.39, 0.29) is 17.9 Å². The van der Waals surface area contributed by atoms with Crippen LogP contribution in [0.2, 0.25) is 0 Å². The van der Waals surface area contributed by atoms with E-state index in [9.17, 15) is 9.59 Å². The number of hydrogen-bond acceptors (Lipinski definition) is 5. The number of urea groups is 1. The molecular formula is C16H24N4O2S. The summed E-state index contributed by atoms with van der Waals surface area (Å²) in [4.78, 5) is 30.7. The van der Waals surface area contributed by atoms with Crippen LogP contribution in [0.3, 0.4) is 0 Å². The molecule has 2 aliphatic heterocycles. The molecule has 7 heteroatoms. The van der Waals surface area contributed by atoms with Gasteiger partial charge in [0.05, 0.1) is 10.7 Å². The van der Waals surface area contributed by atoms with Crippen molar-refractivity contribution < 1.29 is 9.59 Å². The number of piperidine rings is 1. The largest absolute Gasteiger partial charge is 0.323 e. The fraction of sp³-hybridized carbons (Fsp3) is 0.688. The third kappa shape index (κ3) is 3.26. The molecule has 3 rings (SSSR count). The first-order valence-corrected chi connectivity index (χ1v) is 9.06. The zero-order valence-electron chi connectivity index (χ0n) is 13.9. The van der Waals surface area contributed by atoms with Gasteiger partial charge in [-0.15, -0.1) is 11.3 Å². The summed E-state index contributed by atoms with van der Waals surface area (Å²) in [5, 5.41) is 8.48. The Labute approximate surface area is 140 Å². The molecule has 0 bridgehead atoms. The molecule has 0 saturated carbocycles. The van der Waals surface area contributed by atoms with Crippen molar-refractivity contribution in [1.82, 2.24) is 20.5 Å². The fourth-order valence-corrected chi connectivity index (χ4v) is 4.23. The Morgan fingerprint density at radius 1 is 1.48 bits per heavy atom. The summed E-state index contributed by atoms with van der Waals surface area (Å²) in [5.74, 6) is 0.384. The first kappa shape index (κ1) is 16.4. The Morgan fingerprint density at radius 2 is 2.26 bits per heavy atom. The van der Waals surface area contributed by atoms with Crippen LogP contribution in [0.4, 0.5) is 4.79 Å². The third-order valence-electron chi connectivity index (χ3n) is 4.84. The van der Waals surface area contributed by atoms with Crippen molar-refractivity contribution >= 4 is 23.3 Å². The molecule has 3 amide bonds. The van der Waals surface area contributed by atoms with Gasteiger partial charge in [-0.05, 0) is 26.3 Å². The predicted octanol–water partition coefficient (Wildman–Crippen LogP) is 2.08. The summed E-state index contributed by atoms with van der Waals surface area (Å²) in [5.41, 5.74) is 0.311. The molecule has 0 unspecified atom stereocenters. The van der Waals surface area contributed by atoms with Gasteiger partial charge in [-0.3, -0.25) is 15.0 Å². The molecule has 0 spiro atoms. The van der Waals surface area contributed by atoms with Gasteiger partial charge in [0.1, 0.15) is 5.54 Å². The minimum absolute atomic E-state index is 0.130. The SMILES string of the molecule is CC(C)c1nc(CN2CCC[C@@H]([C@@]3(C)NC(=O)NC3=O)C2)cs1. The van der Waals surface area contributed by atoms with Gasteiger partial charge in [0.25, 0.3) is 5.91 Å². The highest BCUT2D eigenvalue weighted by Gasteiger charge is 2.48. The normalized spacial score (nSPS) is 29.0. The molecule has 2 N–H and O–H groups in total. The lowest BCUT2D eigenvalue weighted by atomic mass is 9.80. The van der Waals surface area contributed by atoms with Gasteiger partial charge in [-0.2, -0.15) is 0 Å². The number of aromatic nitrogens is 1. The van der Waals surface area contributed by atoms with E-state index < -0.39 is 5.54 Å². The quantitative estimate of drug-likeness (QED) is 0.826. The van der Waals surface area contributed by atoms with Crippen molar-refractivity contribution in [3.8, 4) is 0 Å². The molecule has 23 heavy (non-hydrogen) atoms. The van der Waals surface area contributed by atoms with Crippen LogP contribution in [0.5, 0.6) is 0 Å². The lowest BCUT2D eigenvalue weighted by molar-refractivity contribution is -0.126. The van der Waals surface area contributed by atoms with Crippen molar-refractivity contribution in [3.05, 3.63) is 16.1 Å². The first-order valence-electron chi connectivity index (χ1n) is 8.18. The van der Waals surface area contributed by atoms with E-state index in [1.54, 1.807) is 11.3 Å². The molecule has 6 nitrogen and oxygen atoms in total. The number of rotatable bonds is 4. The number of hydrogen-bond donors (Lipinski definition) is 2. The number of carbonyl (C=O) groups excluding carboxylic acids is 2. The molecule has 3 heterocycles.